The topological polar surface area (TPSA) is 108 Å². The molecule has 0 aliphatic rings. The van der Waals surface area contributed by atoms with Gasteiger partial charge < -0.3 is 38.3 Å². The van der Waals surface area contributed by atoms with E-state index in [4.69, 9.17) is 23.7 Å². The molecule has 0 fully saturated rings. The number of carbonyl (C=O) groups excluding carboxylic acids is 1. The Bertz CT molecular complexity index is 1740. The molecule has 9 nitrogen and oxygen atoms in total. The fourth-order valence-electron chi connectivity index (χ4n) is 4.93. The van der Waals surface area contributed by atoms with Crippen molar-refractivity contribution in [2.45, 2.75) is 0 Å². The second kappa shape index (κ2) is 10.0. The number of methoxy groups -OCH3 is 5. The summed E-state index contributed by atoms with van der Waals surface area (Å²) in [6.45, 7) is 0. The maximum Gasteiger partial charge on any atom is 0.355 e. The lowest BCUT2D eigenvalue weighted by atomic mass is 9.93. The number of aromatic nitrogens is 1. The minimum atomic E-state index is -0.558. The highest BCUT2D eigenvalue weighted by Crippen LogP contribution is 2.47. The number of phenols is 2. The Morgan fingerprint density at radius 2 is 1.28 bits per heavy atom. The number of esters is 1. The van der Waals surface area contributed by atoms with Crippen LogP contribution in [0.3, 0.4) is 0 Å². The summed E-state index contributed by atoms with van der Waals surface area (Å²) in [6.07, 6.45) is 1.75. The van der Waals surface area contributed by atoms with Crippen molar-refractivity contribution in [3.63, 3.8) is 0 Å². The van der Waals surface area contributed by atoms with Crippen LogP contribution in [0.25, 0.3) is 38.5 Å². The van der Waals surface area contributed by atoms with Gasteiger partial charge in [-0.25, -0.2) is 4.79 Å². The molecule has 0 unspecified atom stereocenters. The van der Waals surface area contributed by atoms with Gasteiger partial charge in [0, 0.05) is 22.7 Å². The van der Waals surface area contributed by atoms with Crippen LogP contribution in [0.15, 0.2) is 60.8 Å². The van der Waals surface area contributed by atoms with Gasteiger partial charge in [-0.05, 0) is 59.0 Å². The summed E-state index contributed by atoms with van der Waals surface area (Å²) < 4.78 is 28.8. The zero-order chi connectivity index (χ0) is 27.8. The molecule has 200 valence electrons. The lowest BCUT2D eigenvalue weighted by Gasteiger charge is -2.13. The molecular weight excluding hydrogens is 502 g/mol. The first-order valence-electron chi connectivity index (χ1n) is 11.9. The average Bonchev–Trinajstić information content (AvgIpc) is 3.31. The number of hydrogen-bond acceptors (Lipinski definition) is 8. The molecule has 0 saturated heterocycles. The predicted octanol–water partition coefficient (Wildman–Crippen LogP) is 5.66. The number of fused-ring (bicyclic) bond motifs is 3. The molecule has 0 atom stereocenters. The van der Waals surface area contributed by atoms with Crippen molar-refractivity contribution in [2.24, 2.45) is 0 Å². The van der Waals surface area contributed by atoms with Crippen LogP contribution < -0.4 is 18.9 Å². The lowest BCUT2D eigenvalue weighted by Crippen LogP contribution is -2.07. The first-order valence-corrected chi connectivity index (χ1v) is 11.9. The highest BCUT2D eigenvalue weighted by atomic mass is 16.5. The molecule has 2 N–H and O–H groups in total. The average molecular weight is 530 g/mol. The van der Waals surface area contributed by atoms with Gasteiger partial charge in [0.1, 0.15) is 5.69 Å². The molecule has 0 radical (unpaired) electrons. The Balaban J connectivity index is 2.03. The molecule has 39 heavy (non-hydrogen) atoms. The molecule has 0 saturated carbocycles. The normalized spacial score (nSPS) is 11.0. The van der Waals surface area contributed by atoms with E-state index in [1.165, 1.54) is 34.5 Å². The van der Waals surface area contributed by atoms with E-state index in [1.54, 1.807) is 60.2 Å². The molecular formula is C30H27NO8. The van der Waals surface area contributed by atoms with E-state index in [0.717, 1.165) is 5.39 Å². The highest BCUT2D eigenvalue weighted by Gasteiger charge is 2.29. The van der Waals surface area contributed by atoms with Crippen LogP contribution in [0.2, 0.25) is 0 Å². The summed E-state index contributed by atoms with van der Waals surface area (Å²) in [5.74, 6) is 0.953. The van der Waals surface area contributed by atoms with Crippen molar-refractivity contribution >= 4 is 22.3 Å². The molecule has 0 aliphatic heterocycles. The van der Waals surface area contributed by atoms with Crippen molar-refractivity contribution in [1.29, 1.82) is 0 Å². The fourth-order valence-corrected chi connectivity index (χ4v) is 4.93. The minimum Gasteiger partial charge on any atom is -0.504 e. The predicted molar refractivity (Wildman–Crippen MR) is 147 cm³/mol. The summed E-state index contributed by atoms with van der Waals surface area (Å²) in [5.41, 5.74) is 3.49. The van der Waals surface area contributed by atoms with Gasteiger partial charge in [-0.15, -0.1) is 0 Å². The molecule has 0 spiro atoms. The smallest absolute Gasteiger partial charge is 0.355 e. The number of benzene rings is 3. The van der Waals surface area contributed by atoms with Gasteiger partial charge >= 0.3 is 5.97 Å². The van der Waals surface area contributed by atoms with Crippen molar-refractivity contribution in [3.8, 4) is 56.8 Å². The van der Waals surface area contributed by atoms with Crippen molar-refractivity contribution in [1.82, 2.24) is 4.40 Å². The van der Waals surface area contributed by atoms with Crippen molar-refractivity contribution < 1.29 is 38.7 Å². The number of ether oxygens (including phenoxy) is 5. The Hall–Kier alpha value is -5.05. The number of carbonyl (C=O) groups is 1. The van der Waals surface area contributed by atoms with Gasteiger partial charge in [-0.3, -0.25) is 0 Å². The maximum absolute atomic E-state index is 13.4. The quantitative estimate of drug-likeness (QED) is 0.260. The number of phenolic OH excluding ortho intramolecular Hbond substituents is 2. The zero-order valence-electron chi connectivity index (χ0n) is 22.1. The van der Waals surface area contributed by atoms with Gasteiger partial charge in [0.25, 0.3) is 0 Å². The summed E-state index contributed by atoms with van der Waals surface area (Å²) in [4.78, 5) is 13.4. The van der Waals surface area contributed by atoms with E-state index >= 15 is 0 Å². The van der Waals surface area contributed by atoms with E-state index < -0.39 is 5.97 Å². The summed E-state index contributed by atoms with van der Waals surface area (Å²) in [5, 5.41) is 22.2. The standard InChI is InChI=1S/C30H27NO8/c1-35-22-9-7-18(14-25(22)38-4)27-26(17-6-8-20(32)23(13-17)36-2)28-19-15-24(37-3)21(33)12-16(19)10-11-31(28)29(27)30(34)39-5/h6-15,32-33H,1-5H3. The molecule has 5 aromatic rings. The van der Waals surface area contributed by atoms with Crippen LogP contribution in [-0.2, 0) is 4.74 Å². The van der Waals surface area contributed by atoms with E-state index in [9.17, 15) is 15.0 Å². The molecule has 0 amide bonds. The molecule has 0 bridgehead atoms. The van der Waals surface area contributed by atoms with Crippen LogP contribution in [0.4, 0.5) is 0 Å². The molecule has 2 heterocycles. The number of rotatable bonds is 7. The molecule has 5 rings (SSSR count). The Kier molecular flexibility index (Phi) is 6.57. The summed E-state index contributed by atoms with van der Waals surface area (Å²) in [7, 11) is 7.35. The second-order valence-corrected chi connectivity index (χ2v) is 8.69. The van der Waals surface area contributed by atoms with E-state index in [2.05, 4.69) is 0 Å². The maximum atomic E-state index is 13.4. The first kappa shape index (κ1) is 25.6. The summed E-state index contributed by atoms with van der Waals surface area (Å²) >= 11 is 0. The Labute approximate surface area is 224 Å². The largest absolute Gasteiger partial charge is 0.504 e. The third-order valence-corrected chi connectivity index (χ3v) is 6.73. The van der Waals surface area contributed by atoms with Gasteiger partial charge in [0.05, 0.1) is 41.1 Å². The number of aromatic hydroxyl groups is 2. The SMILES string of the molecule is COC(=O)c1c(-c2ccc(OC)c(OC)c2)c(-c2ccc(O)c(OC)c2)c2c3cc(OC)c(O)cc3ccn12. The lowest BCUT2D eigenvalue weighted by molar-refractivity contribution is 0.0594. The molecule has 9 heteroatoms. The van der Waals surface area contributed by atoms with Crippen LogP contribution in [0, 0.1) is 0 Å². The van der Waals surface area contributed by atoms with Gasteiger partial charge in [-0.2, -0.15) is 0 Å². The minimum absolute atomic E-state index is 0.0120. The van der Waals surface area contributed by atoms with Crippen LogP contribution in [0.1, 0.15) is 10.5 Å². The van der Waals surface area contributed by atoms with Gasteiger partial charge in [-0.1, -0.05) is 12.1 Å². The number of nitrogens with zero attached hydrogens (tertiary/aromatic N) is 1. The third-order valence-electron chi connectivity index (χ3n) is 6.73. The molecule has 2 aromatic heterocycles. The Morgan fingerprint density at radius 1 is 0.667 bits per heavy atom. The number of pyridine rings is 1. The van der Waals surface area contributed by atoms with Crippen molar-refractivity contribution in [3.05, 3.63) is 66.5 Å². The fraction of sp³-hybridized carbons (Fsp3) is 0.167. The molecule has 0 aliphatic carbocycles. The van der Waals surface area contributed by atoms with E-state index in [0.29, 0.717) is 44.7 Å². The number of hydrogen-bond donors (Lipinski definition) is 2. The van der Waals surface area contributed by atoms with E-state index in [-0.39, 0.29) is 28.7 Å². The first-order chi connectivity index (χ1) is 18.9. The third kappa shape index (κ3) is 4.08. The van der Waals surface area contributed by atoms with Gasteiger partial charge in [0.15, 0.2) is 34.5 Å². The second-order valence-electron chi connectivity index (χ2n) is 8.69. The van der Waals surface area contributed by atoms with Crippen LogP contribution >= 0.6 is 0 Å². The van der Waals surface area contributed by atoms with Gasteiger partial charge in [0.2, 0.25) is 0 Å². The zero-order valence-corrected chi connectivity index (χ0v) is 22.1. The molecule has 3 aromatic carbocycles. The van der Waals surface area contributed by atoms with E-state index in [1.807, 2.05) is 6.07 Å². The Morgan fingerprint density at radius 3 is 1.95 bits per heavy atom. The summed E-state index contributed by atoms with van der Waals surface area (Å²) in [6, 6.07) is 15.5. The van der Waals surface area contributed by atoms with Crippen LogP contribution in [0.5, 0.6) is 34.5 Å². The monoisotopic (exact) mass is 529 g/mol. The van der Waals surface area contributed by atoms with Crippen molar-refractivity contribution in [2.75, 3.05) is 35.5 Å². The van der Waals surface area contributed by atoms with Crippen LogP contribution in [-0.4, -0.2) is 56.1 Å². The highest BCUT2D eigenvalue weighted by molar-refractivity contribution is 6.14.